The SMILES string of the molecule is C=CC(=O)N1CC2CC2C1CNc1nc(OCC23CCCN2CCC3)nc2c(F)c(-c3ccc(F)c4sc(N)nc34)c(-c3ccoc3)cc12. The minimum Gasteiger partial charge on any atom is -0.472 e. The molecule has 1 amide bonds. The molecule has 5 aromatic rings. The maximum atomic E-state index is 17.4. The summed E-state index contributed by atoms with van der Waals surface area (Å²) in [4.78, 5) is 31.0. The largest absolute Gasteiger partial charge is 0.472 e. The molecule has 3 saturated heterocycles. The topological polar surface area (TPSA) is 123 Å². The van der Waals surface area contributed by atoms with E-state index in [1.807, 2.05) is 11.0 Å². The van der Waals surface area contributed by atoms with E-state index in [1.165, 1.54) is 30.7 Å². The standard InChI is InChI=1S/C36H35F2N7O3S/c1-2-27(46)45-16-20-13-22(20)26(45)15-40-33-24-14-23(19-7-12-47-17-19)28(21-5-6-25(37)32-31(21)41-34(39)49-32)29(38)30(24)42-35(43-33)48-18-36-8-3-10-44(36)11-4-9-36/h2,5-7,12,14,17,20,22,26H,1,3-4,8-11,13,15-16,18H2,(H2,39,41)(H,40,42,43). The highest BCUT2D eigenvalue weighted by Crippen LogP contribution is 2.50. The average molecular weight is 684 g/mol. The summed E-state index contributed by atoms with van der Waals surface area (Å²) >= 11 is 1.01. The molecule has 3 unspecified atom stereocenters. The van der Waals surface area contributed by atoms with Crippen molar-refractivity contribution in [1.29, 1.82) is 0 Å². The van der Waals surface area contributed by atoms with Crippen LogP contribution in [0.4, 0.5) is 19.7 Å². The minimum absolute atomic E-state index is 0.0469. The van der Waals surface area contributed by atoms with Crippen molar-refractivity contribution >= 4 is 49.3 Å². The van der Waals surface area contributed by atoms with Gasteiger partial charge in [0.25, 0.3) is 0 Å². The first-order valence-corrected chi connectivity index (χ1v) is 17.6. The van der Waals surface area contributed by atoms with Gasteiger partial charge in [-0.3, -0.25) is 9.69 Å². The monoisotopic (exact) mass is 683 g/mol. The Labute approximate surface area is 285 Å². The van der Waals surface area contributed by atoms with Crippen molar-refractivity contribution in [3.63, 3.8) is 0 Å². The fourth-order valence-corrected chi connectivity index (χ4v) is 9.34. The van der Waals surface area contributed by atoms with Crippen LogP contribution in [0.5, 0.6) is 6.01 Å². The molecule has 49 heavy (non-hydrogen) atoms. The maximum absolute atomic E-state index is 17.4. The smallest absolute Gasteiger partial charge is 0.319 e. The molecular weight excluding hydrogens is 649 g/mol. The third-order valence-electron chi connectivity index (χ3n) is 11.0. The Kier molecular flexibility index (Phi) is 7.13. The van der Waals surface area contributed by atoms with Crippen LogP contribution in [0.2, 0.25) is 0 Å². The molecule has 252 valence electrons. The van der Waals surface area contributed by atoms with E-state index in [0.717, 1.165) is 56.5 Å². The summed E-state index contributed by atoms with van der Waals surface area (Å²) < 4.78 is 44.3. The molecule has 0 radical (unpaired) electrons. The number of nitrogen functional groups attached to an aromatic ring is 1. The van der Waals surface area contributed by atoms with Gasteiger partial charge in [-0.1, -0.05) is 17.9 Å². The van der Waals surface area contributed by atoms with Crippen molar-refractivity contribution in [2.24, 2.45) is 11.8 Å². The van der Waals surface area contributed by atoms with Gasteiger partial charge in [-0.2, -0.15) is 9.97 Å². The Morgan fingerprint density at radius 2 is 2.00 bits per heavy atom. The first kappa shape index (κ1) is 30.4. The second kappa shape index (κ2) is 11.5. The zero-order valence-corrected chi connectivity index (χ0v) is 27.6. The molecule has 3 aromatic heterocycles. The molecule has 1 aliphatic carbocycles. The Hall–Kier alpha value is -4.62. The number of aromatic nitrogens is 3. The number of benzene rings is 2. The van der Waals surface area contributed by atoms with Gasteiger partial charge in [-0.15, -0.1) is 0 Å². The zero-order valence-electron chi connectivity index (χ0n) is 26.8. The number of furan rings is 1. The van der Waals surface area contributed by atoms with Crippen LogP contribution in [-0.2, 0) is 4.79 Å². The van der Waals surface area contributed by atoms with Crippen LogP contribution < -0.4 is 15.8 Å². The maximum Gasteiger partial charge on any atom is 0.319 e. The van der Waals surface area contributed by atoms with E-state index in [0.29, 0.717) is 59.4 Å². The number of piperidine rings is 1. The van der Waals surface area contributed by atoms with E-state index in [-0.39, 0.29) is 49.9 Å². The third kappa shape index (κ3) is 4.96. The van der Waals surface area contributed by atoms with Crippen molar-refractivity contribution < 1.29 is 22.7 Å². The Morgan fingerprint density at radius 3 is 2.78 bits per heavy atom. The summed E-state index contributed by atoms with van der Waals surface area (Å²) in [5.74, 6) is 0.0718. The van der Waals surface area contributed by atoms with Gasteiger partial charge in [0.15, 0.2) is 10.9 Å². The van der Waals surface area contributed by atoms with Crippen LogP contribution in [0, 0.1) is 23.5 Å². The normalized spacial score (nSPS) is 22.5. The Bertz CT molecular complexity index is 2130. The number of nitrogens with two attached hydrogens (primary N) is 1. The van der Waals surface area contributed by atoms with Crippen molar-refractivity contribution in [2.75, 3.05) is 43.8 Å². The number of carbonyl (C=O) groups excluding carboxylic acids is 1. The van der Waals surface area contributed by atoms with Gasteiger partial charge in [0, 0.05) is 35.2 Å². The van der Waals surface area contributed by atoms with Crippen molar-refractivity contribution in [2.45, 2.75) is 43.7 Å². The molecule has 3 N–H and O–H groups in total. The van der Waals surface area contributed by atoms with Crippen LogP contribution >= 0.6 is 11.3 Å². The van der Waals surface area contributed by atoms with Gasteiger partial charge < -0.3 is 25.1 Å². The lowest BCUT2D eigenvalue weighted by Gasteiger charge is -2.31. The lowest BCUT2D eigenvalue weighted by atomic mass is 9.92. The van der Waals surface area contributed by atoms with Crippen LogP contribution in [0.1, 0.15) is 32.1 Å². The fraction of sp³-hybridized carbons (Fsp3) is 0.389. The lowest BCUT2D eigenvalue weighted by molar-refractivity contribution is -0.127. The summed E-state index contributed by atoms with van der Waals surface area (Å²) in [6, 6.07) is 6.41. The molecule has 3 aliphatic heterocycles. The molecule has 4 aliphatic rings. The number of amides is 1. The van der Waals surface area contributed by atoms with Gasteiger partial charge in [0.05, 0.1) is 34.3 Å². The minimum atomic E-state index is -0.628. The molecule has 4 fully saturated rings. The summed E-state index contributed by atoms with van der Waals surface area (Å²) in [6.45, 7) is 7.31. The van der Waals surface area contributed by atoms with E-state index >= 15 is 4.39 Å². The second-order valence-corrected chi connectivity index (χ2v) is 14.7. The highest BCUT2D eigenvalue weighted by molar-refractivity contribution is 7.22. The number of hydrogen-bond acceptors (Lipinski definition) is 10. The number of anilines is 2. The molecule has 1 saturated carbocycles. The predicted octanol–water partition coefficient (Wildman–Crippen LogP) is 6.48. The molecule has 10 nitrogen and oxygen atoms in total. The van der Waals surface area contributed by atoms with Crippen LogP contribution in [0.15, 0.2) is 53.9 Å². The van der Waals surface area contributed by atoms with Crippen LogP contribution in [-0.4, -0.2) is 75.0 Å². The molecule has 0 spiro atoms. The molecule has 6 heterocycles. The quantitative estimate of drug-likeness (QED) is 0.168. The number of rotatable bonds is 9. The lowest BCUT2D eigenvalue weighted by Crippen LogP contribution is -2.43. The summed E-state index contributed by atoms with van der Waals surface area (Å²) in [7, 11) is 0. The van der Waals surface area contributed by atoms with E-state index in [1.54, 1.807) is 6.07 Å². The Morgan fingerprint density at radius 1 is 1.16 bits per heavy atom. The first-order chi connectivity index (χ1) is 23.8. The number of hydrogen-bond donors (Lipinski definition) is 2. The van der Waals surface area contributed by atoms with E-state index < -0.39 is 11.6 Å². The van der Waals surface area contributed by atoms with Crippen LogP contribution in [0.25, 0.3) is 43.4 Å². The second-order valence-electron chi connectivity index (χ2n) is 13.7. The molecular formula is C36H35F2N7O3S. The third-order valence-corrected chi connectivity index (χ3v) is 11.9. The number of fused-ring (bicyclic) bond motifs is 4. The van der Waals surface area contributed by atoms with E-state index in [9.17, 15) is 9.18 Å². The number of nitrogens with zero attached hydrogens (tertiary/aromatic N) is 5. The zero-order chi connectivity index (χ0) is 33.4. The summed E-state index contributed by atoms with van der Waals surface area (Å²) in [5.41, 5.74) is 7.95. The number of thiazole rings is 1. The summed E-state index contributed by atoms with van der Waals surface area (Å²) in [5, 5.41) is 4.09. The van der Waals surface area contributed by atoms with E-state index in [4.69, 9.17) is 24.9 Å². The number of nitrogens with one attached hydrogen (secondary N) is 1. The highest BCUT2D eigenvalue weighted by atomic mass is 32.1. The summed E-state index contributed by atoms with van der Waals surface area (Å²) in [6.07, 6.45) is 9.77. The number of ether oxygens (including phenoxy) is 1. The van der Waals surface area contributed by atoms with Gasteiger partial charge in [0.1, 0.15) is 23.8 Å². The van der Waals surface area contributed by atoms with Crippen molar-refractivity contribution in [3.8, 4) is 28.3 Å². The molecule has 0 bridgehead atoms. The van der Waals surface area contributed by atoms with Gasteiger partial charge in [-0.05, 0) is 92.9 Å². The fourth-order valence-electron chi connectivity index (χ4n) is 8.57. The van der Waals surface area contributed by atoms with Gasteiger partial charge in [-0.25, -0.2) is 13.8 Å². The van der Waals surface area contributed by atoms with Crippen molar-refractivity contribution in [3.05, 3.63) is 61.1 Å². The van der Waals surface area contributed by atoms with E-state index in [2.05, 4.69) is 21.8 Å². The molecule has 3 atom stereocenters. The first-order valence-electron chi connectivity index (χ1n) is 16.8. The van der Waals surface area contributed by atoms with Gasteiger partial charge in [0.2, 0.25) is 5.91 Å². The average Bonchev–Trinajstić information content (AvgIpc) is 3.68. The number of carbonyl (C=O) groups is 1. The molecule has 9 rings (SSSR count). The molecule has 13 heteroatoms. The van der Waals surface area contributed by atoms with Gasteiger partial charge >= 0.3 is 6.01 Å². The van der Waals surface area contributed by atoms with Crippen LogP contribution in [0.3, 0.4) is 0 Å². The number of halogens is 2. The highest BCUT2D eigenvalue weighted by Gasteiger charge is 2.53. The van der Waals surface area contributed by atoms with Crippen molar-refractivity contribution in [1.82, 2.24) is 24.8 Å². The Balaban J connectivity index is 1.19. The molecule has 2 aromatic carbocycles. The predicted molar refractivity (Wildman–Crippen MR) is 184 cm³/mol. The number of likely N-dealkylation sites (tertiary alicyclic amines) is 1.